The Balaban J connectivity index is 1.54. The molecule has 9 heteroatoms. The van der Waals surface area contributed by atoms with E-state index in [2.05, 4.69) is 17.1 Å². The highest BCUT2D eigenvalue weighted by Gasteiger charge is 2.26. The predicted octanol–water partition coefficient (Wildman–Crippen LogP) is 4.15. The summed E-state index contributed by atoms with van der Waals surface area (Å²) < 4.78 is 5.39. The van der Waals surface area contributed by atoms with Gasteiger partial charge in [-0.2, -0.15) is 0 Å². The van der Waals surface area contributed by atoms with Crippen LogP contribution in [0.1, 0.15) is 45.3 Å². The van der Waals surface area contributed by atoms with E-state index in [1.807, 2.05) is 24.3 Å². The largest absolute Gasteiger partial charge is 0.478 e. The fraction of sp³-hybridized carbons (Fsp3) is 0.280. The summed E-state index contributed by atoms with van der Waals surface area (Å²) in [5.41, 5.74) is 2.98. The molecular weight excluding hydrogens is 458 g/mol. The molecule has 1 amide bonds. The first-order chi connectivity index (χ1) is 16.4. The van der Waals surface area contributed by atoms with E-state index in [9.17, 15) is 19.5 Å². The first-order valence-electron chi connectivity index (χ1n) is 11.0. The lowest BCUT2D eigenvalue weighted by Gasteiger charge is -2.29. The number of amides is 1. The Kier molecular flexibility index (Phi) is 7.09. The average Bonchev–Trinajstić information content (AvgIpc) is 2.82. The number of carbonyl (C=O) groups is 3. The van der Waals surface area contributed by atoms with Crippen LogP contribution in [0.15, 0.2) is 42.5 Å². The molecule has 0 bridgehead atoms. The SMILES string of the molecule is CCCN1CCc2nc3ccccc3c(C(=O)OCC(=O)Nc3ccc(Cl)c(C(=O)O)c3)c2C1. The number of para-hydroxylation sites is 1. The van der Waals surface area contributed by atoms with Crippen molar-refractivity contribution in [2.75, 3.05) is 25.0 Å². The summed E-state index contributed by atoms with van der Waals surface area (Å²) in [6.45, 7) is 3.99. The van der Waals surface area contributed by atoms with Gasteiger partial charge in [0.2, 0.25) is 0 Å². The van der Waals surface area contributed by atoms with Gasteiger partial charge in [0.1, 0.15) is 0 Å². The number of anilines is 1. The zero-order chi connectivity index (χ0) is 24.2. The number of esters is 1. The number of hydrogen-bond acceptors (Lipinski definition) is 6. The number of benzene rings is 2. The van der Waals surface area contributed by atoms with Gasteiger partial charge in [0.15, 0.2) is 6.61 Å². The van der Waals surface area contributed by atoms with E-state index in [0.717, 1.165) is 37.2 Å². The first kappa shape index (κ1) is 23.7. The molecule has 2 heterocycles. The van der Waals surface area contributed by atoms with Gasteiger partial charge in [-0.1, -0.05) is 36.7 Å². The van der Waals surface area contributed by atoms with Crippen molar-refractivity contribution < 1.29 is 24.2 Å². The average molecular weight is 482 g/mol. The molecule has 1 aliphatic rings. The minimum atomic E-state index is -1.21. The first-order valence-corrected chi connectivity index (χ1v) is 11.4. The lowest BCUT2D eigenvalue weighted by atomic mass is 9.95. The second-order valence-corrected chi connectivity index (χ2v) is 8.49. The van der Waals surface area contributed by atoms with Crippen molar-refractivity contribution in [3.8, 4) is 0 Å². The van der Waals surface area contributed by atoms with Crippen LogP contribution in [0.4, 0.5) is 5.69 Å². The van der Waals surface area contributed by atoms with E-state index in [1.54, 1.807) is 0 Å². The molecule has 0 unspecified atom stereocenters. The van der Waals surface area contributed by atoms with Crippen LogP contribution in [-0.2, 0) is 22.5 Å². The fourth-order valence-corrected chi connectivity index (χ4v) is 4.35. The topological polar surface area (TPSA) is 109 Å². The van der Waals surface area contributed by atoms with Crippen molar-refractivity contribution in [1.29, 1.82) is 0 Å². The Morgan fingerprint density at radius 1 is 1.21 bits per heavy atom. The molecule has 2 aromatic carbocycles. The van der Waals surface area contributed by atoms with Crippen molar-refractivity contribution in [3.63, 3.8) is 0 Å². The van der Waals surface area contributed by atoms with Crippen LogP contribution in [0.2, 0.25) is 5.02 Å². The van der Waals surface area contributed by atoms with Crippen molar-refractivity contribution in [1.82, 2.24) is 9.88 Å². The number of carboxylic acids is 1. The Labute approximate surface area is 201 Å². The number of ether oxygens (including phenoxy) is 1. The highest BCUT2D eigenvalue weighted by molar-refractivity contribution is 6.33. The number of hydrogen-bond donors (Lipinski definition) is 2. The molecule has 34 heavy (non-hydrogen) atoms. The lowest BCUT2D eigenvalue weighted by molar-refractivity contribution is -0.119. The molecule has 0 saturated carbocycles. The van der Waals surface area contributed by atoms with Gasteiger partial charge in [-0.3, -0.25) is 14.7 Å². The normalized spacial score (nSPS) is 13.4. The van der Waals surface area contributed by atoms with Crippen molar-refractivity contribution in [2.45, 2.75) is 26.3 Å². The summed E-state index contributed by atoms with van der Waals surface area (Å²) in [7, 11) is 0. The van der Waals surface area contributed by atoms with Crippen LogP contribution in [-0.4, -0.2) is 52.5 Å². The van der Waals surface area contributed by atoms with Crippen LogP contribution in [0, 0.1) is 0 Å². The Morgan fingerprint density at radius 2 is 2.00 bits per heavy atom. The monoisotopic (exact) mass is 481 g/mol. The molecule has 0 spiro atoms. The molecular formula is C25H24ClN3O5. The Morgan fingerprint density at radius 3 is 2.76 bits per heavy atom. The van der Waals surface area contributed by atoms with Gasteiger partial charge in [0.25, 0.3) is 5.91 Å². The molecule has 0 aliphatic carbocycles. The van der Waals surface area contributed by atoms with Crippen molar-refractivity contribution >= 4 is 46.0 Å². The quantitative estimate of drug-likeness (QED) is 0.488. The summed E-state index contributed by atoms with van der Waals surface area (Å²) in [5.74, 6) is -2.39. The van der Waals surface area contributed by atoms with Gasteiger partial charge < -0.3 is 15.2 Å². The number of halogens is 1. The van der Waals surface area contributed by atoms with E-state index in [4.69, 9.17) is 21.3 Å². The molecule has 0 fully saturated rings. The van der Waals surface area contributed by atoms with E-state index >= 15 is 0 Å². The smallest absolute Gasteiger partial charge is 0.339 e. The molecule has 1 aliphatic heterocycles. The molecule has 0 saturated heterocycles. The second-order valence-electron chi connectivity index (χ2n) is 8.08. The summed E-state index contributed by atoms with van der Waals surface area (Å²) in [4.78, 5) is 43.9. The number of nitrogens with one attached hydrogen (secondary N) is 1. The van der Waals surface area contributed by atoms with Crippen molar-refractivity contribution in [2.24, 2.45) is 0 Å². The minimum Gasteiger partial charge on any atom is -0.478 e. The van der Waals surface area contributed by atoms with Crippen LogP contribution in [0.5, 0.6) is 0 Å². The third kappa shape index (κ3) is 5.03. The summed E-state index contributed by atoms with van der Waals surface area (Å²) in [5, 5.41) is 12.5. The van der Waals surface area contributed by atoms with E-state index in [0.29, 0.717) is 23.0 Å². The predicted molar refractivity (Wildman–Crippen MR) is 128 cm³/mol. The standard InChI is InChI=1S/C25H24ClN3O5/c1-2-10-29-11-9-21-18(13-29)23(16-5-3-4-6-20(16)28-21)25(33)34-14-22(30)27-15-7-8-19(26)17(12-15)24(31)32/h3-8,12H,2,9-11,13-14H2,1H3,(H,27,30)(H,31,32). The molecule has 0 atom stereocenters. The number of carboxylic acid groups (broad SMARTS) is 1. The van der Waals surface area contributed by atoms with Gasteiger partial charge in [0.05, 0.1) is 21.7 Å². The van der Waals surface area contributed by atoms with Crippen LogP contribution < -0.4 is 5.32 Å². The van der Waals surface area contributed by atoms with E-state index < -0.39 is 24.5 Å². The highest BCUT2D eigenvalue weighted by atomic mass is 35.5. The summed E-state index contributed by atoms with van der Waals surface area (Å²) in [6.07, 6.45) is 1.74. The number of fused-ring (bicyclic) bond motifs is 2. The number of nitrogens with zero attached hydrogens (tertiary/aromatic N) is 2. The second kappa shape index (κ2) is 10.2. The van der Waals surface area contributed by atoms with Crippen LogP contribution in [0.3, 0.4) is 0 Å². The maximum Gasteiger partial charge on any atom is 0.339 e. The van der Waals surface area contributed by atoms with Gasteiger partial charge in [0, 0.05) is 41.8 Å². The molecule has 1 aromatic heterocycles. The van der Waals surface area contributed by atoms with E-state index in [1.165, 1.54) is 18.2 Å². The Hall–Kier alpha value is -3.49. The lowest BCUT2D eigenvalue weighted by Crippen LogP contribution is -2.33. The molecule has 8 nitrogen and oxygen atoms in total. The van der Waals surface area contributed by atoms with Gasteiger partial charge in [-0.05, 0) is 37.2 Å². The number of pyridine rings is 1. The van der Waals surface area contributed by atoms with E-state index in [-0.39, 0.29) is 16.3 Å². The number of aromatic carboxylic acids is 1. The number of rotatable bonds is 7. The zero-order valence-corrected chi connectivity index (χ0v) is 19.4. The number of carbonyl (C=O) groups excluding carboxylic acids is 2. The molecule has 0 radical (unpaired) electrons. The molecule has 176 valence electrons. The molecule has 4 rings (SSSR count). The van der Waals surface area contributed by atoms with Crippen LogP contribution in [0.25, 0.3) is 10.9 Å². The van der Waals surface area contributed by atoms with Gasteiger partial charge in [-0.25, -0.2) is 9.59 Å². The molecule has 2 N–H and O–H groups in total. The summed E-state index contributed by atoms with van der Waals surface area (Å²) >= 11 is 5.86. The maximum atomic E-state index is 13.2. The molecule has 3 aromatic rings. The summed E-state index contributed by atoms with van der Waals surface area (Å²) in [6, 6.07) is 11.5. The minimum absolute atomic E-state index is 0.0587. The highest BCUT2D eigenvalue weighted by Crippen LogP contribution is 2.29. The van der Waals surface area contributed by atoms with Crippen LogP contribution >= 0.6 is 11.6 Å². The number of aromatic nitrogens is 1. The fourth-order valence-electron chi connectivity index (χ4n) is 4.15. The van der Waals surface area contributed by atoms with Crippen molar-refractivity contribution in [3.05, 3.63) is 69.9 Å². The third-order valence-electron chi connectivity index (χ3n) is 5.68. The zero-order valence-electron chi connectivity index (χ0n) is 18.6. The van der Waals surface area contributed by atoms with Gasteiger partial charge >= 0.3 is 11.9 Å². The third-order valence-corrected chi connectivity index (χ3v) is 6.01. The van der Waals surface area contributed by atoms with Gasteiger partial charge in [-0.15, -0.1) is 0 Å². The maximum absolute atomic E-state index is 13.2. The Bertz CT molecular complexity index is 1280.